The van der Waals surface area contributed by atoms with Crippen LogP contribution in [0, 0.1) is 0 Å². The van der Waals surface area contributed by atoms with Gasteiger partial charge in [-0.1, -0.05) is 18.2 Å². The molecule has 0 atom stereocenters. The zero-order chi connectivity index (χ0) is 18.9. The number of rotatable bonds is 8. The lowest BCUT2D eigenvalue weighted by molar-refractivity contribution is 0.0398. The minimum absolute atomic E-state index is 0.139. The highest BCUT2D eigenvalue weighted by molar-refractivity contribution is 5.94. The van der Waals surface area contributed by atoms with E-state index in [0.29, 0.717) is 17.9 Å². The van der Waals surface area contributed by atoms with Crippen LogP contribution in [-0.4, -0.2) is 62.3 Å². The molecule has 0 unspecified atom stereocenters. The average Bonchev–Trinajstić information content (AvgIpc) is 2.73. The van der Waals surface area contributed by atoms with Gasteiger partial charge < -0.3 is 20.1 Å². The molecule has 0 radical (unpaired) electrons. The van der Waals surface area contributed by atoms with Crippen LogP contribution in [0.5, 0.6) is 5.75 Å². The van der Waals surface area contributed by atoms with Crippen LogP contribution >= 0.6 is 0 Å². The van der Waals surface area contributed by atoms with Crippen LogP contribution in [-0.2, 0) is 11.3 Å². The van der Waals surface area contributed by atoms with E-state index in [1.54, 1.807) is 25.4 Å². The van der Waals surface area contributed by atoms with E-state index in [4.69, 9.17) is 9.47 Å². The maximum atomic E-state index is 12.5. The first-order valence-corrected chi connectivity index (χ1v) is 9.16. The molecule has 0 saturated carbocycles. The summed E-state index contributed by atoms with van der Waals surface area (Å²) in [4.78, 5) is 19.1. The number of para-hydroxylation sites is 1. The van der Waals surface area contributed by atoms with Crippen molar-refractivity contribution in [2.45, 2.75) is 6.54 Å². The van der Waals surface area contributed by atoms with E-state index < -0.39 is 0 Å². The number of nitrogens with zero attached hydrogens (tertiary/aromatic N) is 2. The second kappa shape index (κ2) is 9.89. The summed E-state index contributed by atoms with van der Waals surface area (Å²) in [5.74, 6) is 1.32. The Labute approximate surface area is 159 Å². The number of methoxy groups -OCH3 is 1. The number of ether oxygens (including phenoxy) is 2. The summed E-state index contributed by atoms with van der Waals surface area (Å²) in [6.07, 6.45) is 1.65. The van der Waals surface area contributed by atoms with E-state index in [1.807, 2.05) is 24.3 Å². The van der Waals surface area contributed by atoms with Crippen LogP contribution in [0.4, 0.5) is 5.82 Å². The van der Waals surface area contributed by atoms with Crippen molar-refractivity contribution in [1.82, 2.24) is 15.2 Å². The Morgan fingerprint density at radius 2 is 2.07 bits per heavy atom. The molecule has 2 heterocycles. The van der Waals surface area contributed by atoms with E-state index >= 15 is 0 Å². The van der Waals surface area contributed by atoms with Crippen molar-refractivity contribution < 1.29 is 14.3 Å². The van der Waals surface area contributed by atoms with Gasteiger partial charge in [-0.3, -0.25) is 9.69 Å². The van der Waals surface area contributed by atoms with E-state index in [2.05, 4.69) is 20.5 Å². The molecule has 0 bridgehead atoms. The minimum atomic E-state index is -0.139. The lowest BCUT2D eigenvalue weighted by Gasteiger charge is -2.26. The third-order valence-corrected chi connectivity index (χ3v) is 4.49. The molecule has 144 valence electrons. The summed E-state index contributed by atoms with van der Waals surface area (Å²) in [7, 11) is 1.62. The number of aromatic nitrogens is 1. The molecule has 27 heavy (non-hydrogen) atoms. The fraction of sp³-hybridized carbons (Fsp3) is 0.400. The third kappa shape index (κ3) is 5.67. The Hall–Kier alpha value is -2.64. The summed E-state index contributed by atoms with van der Waals surface area (Å²) in [5.41, 5.74) is 1.51. The van der Waals surface area contributed by atoms with Crippen LogP contribution < -0.4 is 15.4 Å². The first-order chi connectivity index (χ1) is 13.3. The van der Waals surface area contributed by atoms with Gasteiger partial charge in [0.2, 0.25) is 0 Å². The summed E-state index contributed by atoms with van der Waals surface area (Å²) in [6, 6.07) is 11.1. The molecule has 1 amide bonds. The number of hydrogen-bond acceptors (Lipinski definition) is 6. The van der Waals surface area contributed by atoms with Gasteiger partial charge in [-0.05, 0) is 18.2 Å². The number of anilines is 1. The summed E-state index contributed by atoms with van der Waals surface area (Å²) in [5, 5.41) is 6.21. The van der Waals surface area contributed by atoms with E-state index in [9.17, 15) is 4.79 Å². The highest BCUT2D eigenvalue weighted by Gasteiger charge is 2.11. The Morgan fingerprint density at radius 1 is 1.26 bits per heavy atom. The Kier molecular flexibility index (Phi) is 7.01. The molecule has 7 nitrogen and oxygen atoms in total. The molecular formula is C20H26N4O3. The van der Waals surface area contributed by atoms with E-state index in [-0.39, 0.29) is 5.91 Å². The maximum Gasteiger partial charge on any atom is 0.251 e. The van der Waals surface area contributed by atoms with E-state index in [1.165, 1.54) is 0 Å². The largest absolute Gasteiger partial charge is 0.496 e. The van der Waals surface area contributed by atoms with Crippen molar-refractivity contribution in [3.63, 3.8) is 0 Å². The van der Waals surface area contributed by atoms with Crippen molar-refractivity contribution in [3.8, 4) is 5.75 Å². The Bertz CT molecular complexity index is 748. The van der Waals surface area contributed by atoms with Gasteiger partial charge in [0.15, 0.2) is 0 Å². The number of hydrogen-bond donors (Lipinski definition) is 2. The average molecular weight is 370 g/mol. The van der Waals surface area contributed by atoms with Crippen LogP contribution in [0.25, 0.3) is 0 Å². The zero-order valence-corrected chi connectivity index (χ0v) is 15.6. The molecule has 1 aliphatic heterocycles. The third-order valence-electron chi connectivity index (χ3n) is 4.49. The molecule has 1 saturated heterocycles. The molecule has 2 aromatic rings. The number of carbonyl (C=O) groups is 1. The predicted octanol–water partition coefficient (Wildman–Crippen LogP) is 1.76. The van der Waals surface area contributed by atoms with Crippen LogP contribution in [0.2, 0.25) is 0 Å². The molecule has 2 N–H and O–H groups in total. The fourth-order valence-electron chi connectivity index (χ4n) is 2.96. The van der Waals surface area contributed by atoms with Crippen molar-refractivity contribution in [2.24, 2.45) is 0 Å². The summed E-state index contributed by atoms with van der Waals surface area (Å²) in [6.45, 7) is 5.61. The number of amides is 1. The van der Waals surface area contributed by atoms with Gasteiger partial charge in [0, 0.05) is 50.0 Å². The number of carbonyl (C=O) groups excluding carboxylic acids is 1. The predicted molar refractivity (Wildman–Crippen MR) is 104 cm³/mol. The van der Waals surface area contributed by atoms with Gasteiger partial charge in [-0.25, -0.2) is 4.98 Å². The van der Waals surface area contributed by atoms with Gasteiger partial charge in [-0.15, -0.1) is 0 Å². The number of morpholine rings is 1. The van der Waals surface area contributed by atoms with Gasteiger partial charge in [0.1, 0.15) is 11.6 Å². The van der Waals surface area contributed by atoms with Crippen molar-refractivity contribution in [3.05, 3.63) is 53.7 Å². The molecule has 3 rings (SSSR count). The van der Waals surface area contributed by atoms with E-state index in [0.717, 1.165) is 50.7 Å². The van der Waals surface area contributed by atoms with Crippen molar-refractivity contribution in [1.29, 1.82) is 0 Å². The first kappa shape index (κ1) is 19.1. The summed E-state index contributed by atoms with van der Waals surface area (Å²) < 4.78 is 10.7. The van der Waals surface area contributed by atoms with Crippen LogP contribution in [0.3, 0.4) is 0 Å². The first-order valence-electron chi connectivity index (χ1n) is 9.16. The SMILES string of the molecule is COc1ccccc1CNC(=O)c1ccnc(NCCN2CCOCC2)c1. The molecule has 0 spiro atoms. The molecule has 7 heteroatoms. The monoisotopic (exact) mass is 370 g/mol. The zero-order valence-electron chi connectivity index (χ0n) is 15.6. The van der Waals surface area contributed by atoms with Gasteiger partial charge >= 0.3 is 0 Å². The van der Waals surface area contributed by atoms with Crippen molar-refractivity contribution >= 4 is 11.7 Å². The molecule has 1 aliphatic rings. The fourth-order valence-corrected chi connectivity index (χ4v) is 2.96. The van der Waals surface area contributed by atoms with Crippen LogP contribution in [0.15, 0.2) is 42.6 Å². The number of pyridine rings is 1. The van der Waals surface area contributed by atoms with Gasteiger partial charge in [-0.2, -0.15) is 0 Å². The minimum Gasteiger partial charge on any atom is -0.496 e. The number of nitrogens with one attached hydrogen (secondary N) is 2. The van der Waals surface area contributed by atoms with Gasteiger partial charge in [0.05, 0.1) is 20.3 Å². The second-order valence-corrected chi connectivity index (χ2v) is 6.31. The smallest absolute Gasteiger partial charge is 0.251 e. The van der Waals surface area contributed by atoms with Crippen molar-refractivity contribution in [2.75, 3.05) is 51.8 Å². The molecule has 1 aromatic heterocycles. The quantitative estimate of drug-likeness (QED) is 0.738. The highest BCUT2D eigenvalue weighted by atomic mass is 16.5. The number of benzene rings is 1. The Morgan fingerprint density at radius 3 is 2.89 bits per heavy atom. The Balaban J connectivity index is 1.50. The molecule has 1 aromatic carbocycles. The normalized spacial score (nSPS) is 14.6. The second-order valence-electron chi connectivity index (χ2n) is 6.31. The maximum absolute atomic E-state index is 12.5. The lowest BCUT2D eigenvalue weighted by Crippen LogP contribution is -2.39. The molecule has 1 fully saturated rings. The topological polar surface area (TPSA) is 75.7 Å². The standard InChI is InChI=1S/C20H26N4O3/c1-26-18-5-3-2-4-17(18)15-23-20(25)16-6-7-21-19(14-16)22-8-9-24-10-12-27-13-11-24/h2-7,14H,8-13,15H2,1H3,(H,21,22)(H,23,25). The molecular weight excluding hydrogens is 344 g/mol. The van der Waals surface area contributed by atoms with Crippen LogP contribution in [0.1, 0.15) is 15.9 Å². The lowest BCUT2D eigenvalue weighted by atomic mass is 10.2. The highest BCUT2D eigenvalue weighted by Crippen LogP contribution is 2.17. The van der Waals surface area contributed by atoms with Gasteiger partial charge in [0.25, 0.3) is 5.91 Å². The summed E-state index contributed by atoms with van der Waals surface area (Å²) >= 11 is 0. The molecule has 0 aliphatic carbocycles.